The lowest BCUT2D eigenvalue weighted by Crippen LogP contribution is -2.15. The second kappa shape index (κ2) is 4.74. The lowest BCUT2D eigenvalue weighted by Gasteiger charge is -2.09. The van der Waals surface area contributed by atoms with Gasteiger partial charge in [0.15, 0.2) is 0 Å². The van der Waals surface area contributed by atoms with Crippen molar-refractivity contribution < 1.29 is 0 Å². The number of hydrogen-bond donors (Lipinski definition) is 2. The molecule has 0 unspecified atom stereocenters. The fraction of sp³-hybridized carbons (Fsp3) is 0.667. The van der Waals surface area contributed by atoms with Crippen LogP contribution in [0.15, 0.2) is 0 Å². The third-order valence-corrected chi connectivity index (χ3v) is 1.50. The van der Waals surface area contributed by atoms with Crippen LogP contribution >= 0.6 is 0 Å². The molecule has 0 aliphatic rings. The van der Waals surface area contributed by atoms with E-state index in [9.17, 15) is 0 Å². The Kier molecular flexibility index (Phi) is 3.62. The minimum Gasteiger partial charge on any atom is -0.354 e. The minimum atomic E-state index is 0.325. The molecule has 78 valence electrons. The molecule has 0 bridgehead atoms. The molecular weight excluding hydrogens is 178 g/mol. The maximum absolute atomic E-state index is 4.22. The van der Waals surface area contributed by atoms with Gasteiger partial charge >= 0.3 is 0 Å². The second-order valence-electron chi connectivity index (χ2n) is 3.36. The lowest BCUT2D eigenvalue weighted by molar-refractivity contribution is 0.856. The normalized spacial score (nSPS) is 10.4. The fourth-order valence-corrected chi connectivity index (χ4v) is 1.04. The van der Waals surface area contributed by atoms with Crippen LogP contribution < -0.4 is 10.6 Å². The van der Waals surface area contributed by atoms with Crippen LogP contribution in [0.3, 0.4) is 0 Å². The zero-order valence-corrected chi connectivity index (χ0v) is 9.13. The number of aromatic nitrogens is 3. The van der Waals surface area contributed by atoms with Crippen molar-refractivity contribution in [1.82, 2.24) is 15.0 Å². The topological polar surface area (TPSA) is 62.7 Å². The SMILES string of the molecule is CCNc1nc(C)nc(NC(C)C)n1. The summed E-state index contributed by atoms with van der Waals surface area (Å²) in [4.78, 5) is 12.6. The highest BCUT2D eigenvalue weighted by molar-refractivity contribution is 5.34. The Morgan fingerprint density at radius 3 is 2.36 bits per heavy atom. The largest absolute Gasteiger partial charge is 0.354 e. The van der Waals surface area contributed by atoms with Crippen LogP contribution in [0, 0.1) is 6.92 Å². The van der Waals surface area contributed by atoms with Crippen molar-refractivity contribution in [1.29, 1.82) is 0 Å². The molecule has 2 N–H and O–H groups in total. The van der Waals surface area contributed by atoms with Gasteiger partial charge in [-0.15, -0.1) is 0 Å². The Bertz CT molecular complexity index is 297. The number of nitrogens with one attached hydrogen (secondary N) is 2. The van der Waals surface area contributed by atoms with Crippen molar-refractivity contribution in [2.45, 2.75) is 33.7 Å². The number of nitrogens with zero attached hydrogens (tertiary/aromatic N) is 3. The highest BCUT2D eigenvalue weighted by atomic mass is 15.2. The van der Waals surface area contributed by atoms with Gasteiger partial charge in [-0.25, -0.2) is 0 Å². The van der Waals surface area contributed by atoms with Gasteiger partial charge in [-0.1, -0.05) is 0 Å². The molecule has 14 heavy (non-hydrogen) atoms. The lowest BCUT2D eigenvalue weighted by atomic mass is 10.4. The van der Waals surface area contributed by atoms with Crippen LogP contribution in [0.1, 0.15) is 26.6 Å². The van der Waals surface area contributed by atoms with Crippen LogP contribution in [-0.2, 0) is 0 Å². The van der Waals surface area contributed by atoms with Crippen molar-refractivity contribution in [2.24, 2.45) is 0 Å². The maximum Gasteiger partial charge on any atom is 0.227 e. The molecule has 0 saturated carbocycles. The van der Waals surface area contributed by atoms with E-state index < -0.39 is 0 Å². The van der Waals surface area contributed by atoms with Crippen molar-refractivity contribution in [3.05, 3.63) is 5.82 Å². The molecule has 5 heteroatoms. The molecule has 0 atom stereocenters. The molecule has 0 fully saturated rings. The van der Waals surface area contributed by atoms with Crippen LogP contribution in [0.4, 0.5) is 11.9 Å². The first-order valence-corrected chi connectivity index (χ1v) is 4.85. The molecule has 0 aliphatic heterocycles. The summed E-state index contributed by atoms with van der Waals surface area (Å²) in [5.41, 5.74) is 0. The predicted molar refractivity (Wildman–Crippen MR) is 57.5 cm³/mol. The number of anilines is 2. The highest BCUT2D eigenvalue weighted by Crippen LogP contribution is 2.05. The molecule has 1 heterocycles. The van der Waals surface area contributed by atoms with Gasteiger partial charge in [0.25, 0.3) is 0 Å². The average Bonchev–Trinajstić information content (AvgIpc) is 2.01. The molecule has 0 radical (unpaired) electrons. The second-order valence-corrected chi connectivity index (χ2v) is 3.36. The van der Waals surface area contributed by atoms with E-state index in [1.165, 1.54) is 0 Å². The summed E-state index contributed by atoms with van der Waals surface area (Å²) in [6, 6.07) is 0.325. The van der Waals surface area contributed by atoms with Crippen LogP contribution in [-0.4, -0.2) is 27.5 Å². The summed E-state index contributed by atoms with van der Waals surface area (Å²) in [5, 5.41) is 6.20. The van der Waals surface area contributed by atoms with Gasteiger partial charge < -0.3 is 10.6 Å². The molecule has 0 aliphatic carbocycles. The summed E-state index contributed by atoms with van der Waals surface area (Å²) < 4.78 is 0. The minimum absolute atomic E-state index is 0.325. The van der Waals surface area contributed by atoms with E-state index in [4.69, 9.17) is 0 Å². The Balaban J connectivity index is 2.83. The van der Waals surface area contributed by atoms with Gasteiger partial charge in [-0.3, -0.25) is 0 Å². The first-order valence-electron chi connectivity index (χ1n) is 4.85. The van der Waals surface area contributed by atoms with E-state index in [0.717, 1.165) is 12.4 Å². The number of aryl methyl sites for hydroxylation is 1. The third kappa shape index (κ3) is 3.16. The first kappa shape index (κ1) is 10.7. The van der Waals surface area contributed by atoms with E-state index in [2.05, 4.69) is 25.6 Å². The van der Waals surface area contributed by atoms with Crippen molar-refractivity contribution in [2.75, 3.05) is 17.2 Å². The van der Waals surface area contributed by atoms with Gasteiger partial charge in [0, 0.05) is 12.6 Å². The standard InChI is InChI=1S/C9H17N5/c1-5-10-8-12-7(4)13-9(14-8)11-6(2)3/h6H,5H2,1-4H3,(H2,10,11,12,13,14). The summed E-state index contributed by atoms with van der Waals surface area (Å²) >= 11 is 0. The van der Waals surface area contributed by atoms with Gasteiger partial charge in [0.1, 0.15) is 5.82 Å². The molecule has 5 nitrogen and oxygen atoms in total. The van der Waals surface area contributed by atoms with Gasteiger partial charge in [0.05, 0.1) is 0 Å². The third-order valence-electron chi connectivity index (χ3n) is 1.50. The summed E-state index contributed by atoms with van der Waals surface area (Å²) in [6.45, 7) is 8.77. The van der Waals surface area contributed by atoms with Gasteiger partial charge in [0.2, 0.25) is 11.9 Å². The summed E-state index contributed by atoms with van der Waals surface area (Å²) in [5.74, 6) is 1.98. The fourth-order valence-electron chi connectivity index (χ4n) is 1.04. The Hall–Kier alpha value is -1.39. The van der Waals surface area contributed by atoms with Crippen LogP contribution in [0.2, 0.25) is 0 Å². The number of hydrogen-bond acceptors (Lipinski definition) is 5. The molecule has 1 aromatic heterocycles. The van der Waals surface area contributed by atoms with Crippen molar-refractivity contribution >= 4 is 11.9 Å². The van der Waals surface area contributed by atoms with Crippen LogP contribution in [0.5, 0.6) is 0 Å². The smallest absolute Gasteiger partial charge is 0.227 e. The maximum atomic E-state index is 4.22. The zero-order valence-electron chi connectivity index (χ0n) is 9.13. The number of rotatable bonds is 4. The average molecular weight is 195 g/mol. The molecule has 0 amide bonds. The molecule has 1 aromatic rings. The van der Waals surface area contributed by atoms with Crippen molar-refractivity contribution in [3.63, 3.8) is 0 Å². The van der Waals surface area contributed by atoms with Gasteiger partial charge in [-0.05, 0) is 27.7 Å². The van der Waals surface area contributed by atoms with E-state index in [1.54, 1.807) is 0 Å². The first-order chi connectivity index (χ1) is 6.61. The van der Waals surface area contributed by atoms with Crippen molar-refractivity contribution in [3.8, 4) is 0 Å². The Morgan fingerprint density at radius 2 is 1.79 bits per heavy atom. The Labute approximate surface area is 84.4 Å². The molecule has 0 spiro atoms. The summed E-state index contributed by atoms with van der Waals surface area (Å²) in [7, 11) is 0. The highest BCUT2D eigenvalue weighted by Gasteiger charge is 2.03. The molecule has 0 saturated heterocycles. The summed E-state index contributed by atoms with van der Waals surface area (Å²) in [6.07, 6.45) is 0. The van der Waals surface area contributed by atoms with E-state index in [0.29, 0.717) is 17.9 Å². The van der Waals surface area contributed by atoms with Crippen LogP contribution in [0.25, 0.3) is 0 Å². The molecular formula is C9H17N5. The van der Waals surface area contributed by atoms with E-state index in [-0.39, 0.29) is 0 Å². The van der Waals surface area contributed by atoms with E-state index in [1.807, 2.05) is 27.7 Å². The predicted octanol–water partition coefficient (Wildman–Crippen LogP) is 1.43. The Morgan fingerprint density at radius 1 is 1.14 bits per heavy atom. The zero-order chi connectivity index (χ0) is 10.6. The molecule has 1 rings (SSSR count). The van der Waals surface area contributed by atoms with E-state index >= 15 is 0 Å². The quantitative estimate of drug-likeness (QED) is 0.761. The molecule has 0 aromatic carbocycles. The van der Waals surface area contributed by atoms with Gasteiger partial charge in [-0.2, -0.15) is 15.0 Å². The monoisotopic (exact) mass is 195 g/mol.